The zero-order chi connectivity index (χ0) is 29.4. The summed E-state index contributed by atoms with van der Waals surface area (Å²) in [5.74, 6) is -2.00. The second-order valence-corrected chi connectivity index (χ2v) is 10.0. The molecule has 1 aromatic carbocycles. The number of benzene rings is 1. The smallest absolute Gasteiger partial charge is 0.296 e. The van der Waals surface area contributed by atoms with Crippen molar-refractivity contribution in [3.63, 3.8) is 0 Å². The quantitative estimate of drug-likeness (QED) is 0.281. The van der Waals surface area contributed by atoms with Crippen molar-refractivity contribution in [1.82, 2.24) is 29.5 Å². The number of anilines is 2. The molecule has 0 amide bonds. The first-order valence-electron chi connectivity index (χ1n) is 13.1. The van der Waals surface area contributed by atoms with Crippen LogP contribution in [-0.4, -0.2) is 68.7 Å². The van der Waals surface area contributed by atoms with Gasteiger partial charge in [-0.2, -0.15) is 10.4 Å². The number of likely N-dealkylation sites (tertiary alicyclic amines) is 1. The van der Waals surface area contributed by atoms with Gasteiger partial charge in [0.05, 0.1) is 60.6 Å². The Bertz CT molecular complexity index is 1840. The number of methoxy groups -OCH3 is 1. The fraction of sp³-hybridized carbons (Fsp3) is 0.276. The van der Waals surface area contributed by atoms with E-state index in [1.54, 1.807) is 53.3 Å². The highest BCUT2D eigenvalue weighted by Crippen LogP contribution is 2.43. The van der Waals surface area contributed by atoms with Crippen molar-refractivity contribution in [2.24, 2.45) is 0 Å². The van der Waals surface area contributed by atoms with E-state index in [9.17, 15) is 5.26 Å². The molecule has 1 fully saturated rings. The number of fused-ring (bicyclic) bond motifs is 2. The molecular weight excluding hydrogens is 546 g/mol. The Kier molecular flexibility index (Phi) is 6.91. The second-order valence-electron chi connectivity index (χ2n) is 10.0. The van der Waals surface area contributed by atoms with Gasteiger partial charge in [-0.3, -0.25) is 4.98 Å². The van der Waals surface area contributed by atoms with Gasteiger partial charge < -0.3 is 24.4 Å². The van der Waals surface area contributed by atoms with Crippen molar-refractivity contribution in [3.8, 4) is 29.2 Å². The monoisotopic (exact) mass is 572 g/mol. The molecule has 1 N–H and O–H groups in total. The predicted octanol–water partition coefficient (Wildman–Crippen LogP) is 5.12. The van der Waals surface area contributed by atoms with Gasteiger partial charge in [0.1, 0.15) is 11.8 Å². The van der Waals surface area contributed by atoms with Gasteiger partial charge in [0.25, 0.3) is 11.8 Å². The maximum Gasteiger partial charge on any atom is 0.296 e. The van der Waals surface area contributed by atoms with E-state index < -0.39 is 18.6 Å². The molecule has 1 aliphatic heterocycles. The lowest BCUT2D eigenvalue weighted by Crippen LogP contribution is -2.52. The van der Waals surface area contributed by atoms with Gasteiger partial charge in [0.2, 0.25) is 0 Å². The average Bonchev–Trinajstić information content (AvgIpc) is 3.44. The largest absolute Gasteiger partial charge is 0.478 e. The zero-order valence-electron chi connectivity index (χ0n) is 23.0. The molecule has 1 aliphatic rings. The van der Waals surface area contributed by atoms with Crippen LogP contribution < -0.4 is 19.5 Å². The number of alkyl halides is 2. The molecule has 5 aromatic rings. The summed E-state index contributed by atoms with van der Waals surface area (Å²) in [6, 6.07) is 9.31. The van der Waals surface area contributed by atoms with E-state index in [1.165, 1.54) is 19.5 Å². The Morgan fingerprint density at radius 1 is 1.14 bits per heavy atom. The molecule has 1 saturated heterocycles. The Morgan fingerprint density at radius 2 is 2.00 bits per heavy atom. The molecule has 11 nitrogen and oxygen atoms in total. The van der Waals surface area contributed by atoms with E-state index in [1.807, 2.05) is 13.0 Å². The molecule has 13 heteroatoms. The molecule has 214 valence electrons. The number of pyridine rings is 2. The fourth-order valence-corrected chi connectivity index (χ4v) is 4.94. The first kappa shape index (κ1) is 27.1. The van der Waals surface area contributed by atoms with E-state index in [0.717, 1.165) is 5.56 Å². The van der Waals surface area contributed by atoms with Crippen molar-refractivity contribution in [2.75, 3.05) is 32.6 Å². The van der Waals surface area contributed by atoms with Crippen LogP contribution in [0.15, 0.2) is 55.2 Å². The lowest BCUT2D eigenvalue weighted by Gasteiger charge is -2.36. The van der Waals surface area contributed by atoms with Gasteiger partial charge >= 0.3 is 0 Å². The zero-order valence-corrected chi connectivity index (χ0v) is 23.0. The van der Waals surface area contributed by atoms with Crippen LogP contribution in [0.5, 0.6) is 23.1 Å². The molecule has 0 unspecified atom stereocenters. The summed E-state index contributed by atoms with van der Waals surface area (Å²) in [5, 5.41) is 17.7. The Morgan fingerprint density at radius 3 is 2.76 bits per heavy atom. The number of ether oxygens (including phenoxy) is 3. The topological polar surface area (TPSA) is 123 Å². The summed E-state index contributed by atoms with van der Waals surface area (Å²) in [6.45, 7) is 1.87. The summed E-state index contributed by atoms with van der Waals surface area (Å²) in [6.07, 6.45) is 6.53. The maximum absolute atomic E-state index is 15.0. The molecule has 42 heavy (non-hydrogen) atoms. The Labute approximate surface area is 239 Å². The van der Waals surface area contributed by atoms with Gasteiger partial charge in [0.15, 0.2) is 23.3 Å². The molecule has 0 saturated carbocycles. The number of aromatic nitrogens is 5. The van der Waals surface area contributed by atoms with Crippen LogP contribution >= 0.6 is 0 Å². The maximum atomic E-state index is 15.0. The summed E-state index contributed by atoms with van der Waals surface area (Å²) in [5.41, 5.74) is 2.98. The predicted molar refractivity (Wildman–Crippen MR) is 150 cm³/mol. The average molecular weight is 573 g/mol. The number of rotatable bonds is 7. The summed E-state index contributed by atoms with van der Waals surface area (Å²) >= 11 is 0. The van der Waals surface area contributed by atoms with Crippen LogP contribution in [0.2, 0.25) is 0 Å². The molecule has 0 radical (unpaired) electrons. The summed E-state index contributed by atoms with van der Waals surface area (Å²) in [4.78, 5) is 14.4. The lowest BCUT2D eigenvalue weighted by molar-refractivity contribution is -0.135. The third-order valence-corrected chi connectivity index (χ3v) is 7.03. The van der Waals surface area contributed by atoms with Gasteiger partial charge in [0, 0.05) is 30.9 Å². The minimum Gasteiger partial charge on any atom is -0.478 e. The lowest BCUT2D eigenvalue weighted by atomic mass is 10.0. The molecule has 0 aliphatic carbocycles. The van der Waals surface area contributed by atoms with Crippen molar-refractivity contribution in [2.45, 2.75) is 25.4 Å². The first-order chi connectivity index (χ1) is 20.3. The molecule has 0 spiro atoms. The molecule has 4 aromatic heterocycles. The number of hydrogen-bond acceptors (Lipinski definition) is 10. The molecule has 0 bridgehead atoms. The first-order valence-corrected chi connectivity index (χ1v) is 13.1. The van der Waals surface area contributed by atoms with Crippen LogP contribution in [-0.2, 0) is 0 Å². The number of nitriles is 1. The van der Waals surface area contributed by atoms with Crippen LogP contribution in [0, 0.1) is 18.3 Å². The van der Waals surface area contributed by atoms with Crippen molar-refractivity contribution < 1.29 is 23.0 Å². The van der Waals surface area contributed by atoms with E-state index in [4.69, 9.17) is 14.2 Å². The van der Waals surface area contributed by atoms with Crippen LogP contribution in [0.3, 0.4) is 0 Å². The highest BCUT2D eigenvalue weighted by atomic mass is 19.3. The van der Waals surface area contributed by atoms with Crippen molar-refractivity contribution in [3.05, 3.63) is 66.4 Å². The Balaban J connectivity index is 1.37. The number of aryl methyl sites for hydroxylation is 1. The van der Waals surface area contributed by atoms with E-state index in [0.29, 0.717) is 46.0 Å². The number of nitrogens with zero attached hydrogens (tertiary/aromatic N) is 7. The standard InChI is InChI=1S/C29H26F2N8O3/c1-17-10-19(4-5-22(17)41-20-13-34-24-6-8-36-39(24)15-20)37-26-18(11-32)12-33-21-14-35-28(40-3)27(25(21)26)42-23-7-9-38(2)16-29(23,30)31/h4-6,8,10,12-15,23H,7,9,16H2,1-3H3,(H,33,37)/t23-/m1/s1. The number of hydrogen-bond donors (Lipinski definition) is 1. The SMILES string of the molecule is COc1ncc2ncc(C#N)c(Nc3ccc(Oc4cnc5ccnn5c4)c(C)c3)c2c1O[C@@H]1CCN(C)CC1(F)F. The molecular formula is C29H26F2N8O3. The Hall–Kier alpha value is -5.09. The van der Waals surface area contributed by atoms with Crippen molar-refractivity contribution >= 4 is 27.9 Å². The minimum atomic E-state index is -3.11. The number of nitrogens with one attached hydrogen (secondary N) is 1. The van der Waals surface area contributed by atoms with E-state index in [2.05, 4.69) is 31.4 Å². The normalized spacial score (nSPS) is 16.7. The molecule has 1 atom stereocenters. The highest BCUT2D eigenvalue weighted by molar-refractivity contribution is 6.01. The number of halogens is 2. The third kappa shape index (κ3) is 5.08. The van der Waals surface area contributed by atoms with Crippen molar-refractivity contribution in [1.29, 1.82) is 5.26 Å². The van der Waals surface area contributed by atoms with Gasteiger partial charge in [-0.1, -0.05) is 0 Å². The van der Waals surface area contributed by atoms with Gasteiger partial charge in [-0.25, -0.2) is 23.3 Å². The van der Waals surface area contributed by atoms with E-state index >= 15 is 8.78 Å². The highest BCUT2D eigenvalue weighted by Gasteiger charge is 2.46. The van der Waals surface area contributed by atoms with Gasteiger partial charge in [-0.15, -0.1) is 0 Å². The summed E-state index contributed by atoms with van der Waals surface area (Å²) < 4.78 is 49.0. The van der Waals surface area contributed by atoms with E-state index in [-0.39, 0.29) is 23.6 Å². The fourth-order valence-electron chi connectivity index (χ4n) is 4.94. The number of piperidine rings is 1. The van der Waals surface area contributed by atoms with Crippen LogP contribution in [0.25, 0.3) is 16.6 Å². The second kappa shape index (κ2) is 10.7. The molecule has 5 heterocycles. The molecule has 6 rings (SSSR count). The van der Waals surface area contributed by atoms with Gasteiger partial charge in [-0.05, 0) is 37.7 Å². The summed E-state index contributed by atoms with van der Waals surface area (Å²) in [7, 11) is 3.02. The van der Waals surface area contributed by atoms with Crippen LogP contribution in [0.4, 0.5) is 20.2 Å². The third-order valence-electron chi connectivity index (χ3n) is 7.03. The minimum absolute atomic E-state index is 0.00508. The van der Waals surface area contributed by atoms with Crippen LogP contribution in [0.1, 0.15) is 17.5 Å².